The highest BCUT2D eigenvalue weighted by Crippen LogP contribution is 2.47. The second-order valence-corrected chi connectivity index (χ2v) is 12.1. The van der Waals surface area contributed by atoms with Crippen LogP contribution in [0.3, 0.4) is 0 Å². The minimum atomic E-state index is -3.72. The predicted octanol–water partition coefficient (Wildman–Crippen LogP) is 6.77. The van der Waals surface area contributed by atoms with Gasteiger partial charge in [0.2, 0.25) is 10.0 Å². The number of anilines is 1. The summed E-state index contributed by atoms with van der Waals surface area (Å²) in [5.41, 5.74) is 4.24. The molecule has 0 unspecified atom stereocenters. The van der Waals surface area contributed by atoms with Crippen molar-refractivity contribution in [1.29, 1.82) is 0 Å². The Morgan fingerprint density at radius 1 is 1.10 bits per heavy atom. The predicted molar refractivity (Wildman–Crippen MR) is 159 cm³/mol. The quantitative estimate of drug-likeness (QED) is 0.171. The van der Waals surface area contributed by atoms with Gasteiger partial charge in [-0.05, 0) is 73.6 Å². The van der Waals surface area contributed by atoms with Gasteiger partial charge in [-0.25, -0.2) is 12.8 Å². The Morgan fingerprint density at radius 2 is 1.83 bits per heavy atom. The molecule has 1 amide bonds. The van der Waals surface area contributed by atoms with Gasteiger partial charge in [0, 0.05) is 23.6 Å². The molecule has 1 aliphatic carbocycles. The lowest BCUT2D eigenvalue weighted by Crippen LogP contribution is -2.23. The van der Waals surface area contributed by atoms with Crippen molar-refractivity contribution >= 4 is 32.6 Å². The van der Waals surface area contributed by atoms with E-state index in [1.54, 1.807) is 18.2 Å². The van der Waals surface area contributed by atoms with Crippen LogP contribution in [0.4, 0.5) is 10.1 Å². The topological polar surface area (TPSA) is 97.6 Å². The van der Waals surface area contributed by atoms with Crippen molar-refractivity contribution < 1.29 is 26.8 Å². The number of ether oxygens (including phenoxy) is 1. The molecule has 1 heterocycles. The molecular weight excluding hydrogens is 543 g/mol. The fourth-order valence-corrected chi connectivity index (χ4v) is 5.89. The van der Waals surface area contributed by atoms with Crippen molar-refractivity contribution in [1.82, 2.24) is 5.32 Å². The number of hydrogen-bond donors (Lipinski definition) is 2. The summed E-state index contributed by atoms with van der Waals surface area (Å²) in [6.07, 6.45) is 2.10. The molecular formula is C32H33FN2O5S. The van der Waals surface area contributed by atoms with Crippen molar-refractivity contribution in [2.75, 3.05) is 23.6 Å². The van der Waals surface area contributed by atoms with Gasteiger partial charge in [-0.15, -0.1) is 0 Å². The standard InChI is InChI=1S/C32H33FN2O5S/c1-3-34-32(36)30-27-17-26(23-9-10-23)28(18-29(27)40-31(30)24-11-13-25(33)14-12-24)35-41(37,38)16-15-21(2)19-39-20-22-7-5-4-6-8-22/h4-8,11-14,17-18,23,35H,2-3,9-10,15-16,19-20H2,1H3,(H,34,36). The van der Waals surface area contributed by atoms with Crippen LogP contribution in [0.15, 0.2) is 83.3 Å². The number of carbonyl (C=O) groups is 1. The Bertz CT molecular complexity index is 1660. The minimum absolute atomic E-state index is 0.147. The van der Waals surface area contributed by atoms with Crippen molar-refractivity contribution in [3.05, 3.63) is 101 Å². The second-order valence-electron chi connectivity index (χ2n) is 10.3. The van der Waals surface area contributed by atoms with Crippen LogP contribution in [-0.4, -0.2) is 33.2 Å². The van der Waals surface area contributed by atoms with Gasteiger partial charge in [-0.3, -0.25) is 9.52 Å². The zero-order valence-corrected chi connectivity index (χ0v) is 23.7. The molecule has 1 fully saturated rings. The third-order valence-electron chi connectivity index (χ3n) is 6.96. The summed E-state index contributed by atoms with van der Waals surface area (Å²) < 4.78 is 54.4. The summed E-state index contributed by atoms with van der Waals surface area (Å²) in [5.74, 6) is -0.369. The van der Waals surface area contributed by atoms with E-state index in [0.29, 0.717) is 52.3 Å². The molecule has 214 valence electrons. The van der Waals surface area contributed by atoms with Gasteiger partial charge in [-0.1, -0.05) is 42.5 Å². The van der Waals surface area contributed by atoms with Crippen LogP contribution in [0.25, 0.3) is 22.3 Å². The summed E-state index contributed by atoms with van der Waals surface area (Å²) >= 11 is 0. The van der Waals surface area contributed by atoms with E-state index >= 15 is 0 Å². The Labute approximate surface area is 239 Å². The van der Waals surface area contributed by atoms with E-state index in [0.717, 1.165) is 24.0 Å². The molecule has 5 rings (SSSR count). The lowest BCUT2D eigenvalue weighted by Gasteiger charge is -2.14. The molecule has 0 saturated heterocycles. The number of fused-ring (bicyclic) bond motifs is 1. The monoisotopic (exact) mass is 576 g/mol. The average Bonchev–Trinajstić information content (AvgIpc) is 3.73. The zero-order chi connectivity index (χ0) is 29.0. The SMILES string of the molecule is C=C(CCS(=O)(=O)Nc1cc2oc(-c3ccc(F)cc3)c(C(=O)NCC)c2cc1C1CC1)COCc1ccccc1. The molecule has 0 aliphatic heterocycles. The molecule has 0 bridgehead atoms. The highest BCUT2D eigenvalue weighted by molar-refractivity contribution is 7.92. The first-order valence-electron chi connectivity index (χ1n) is 13.7. The Hall–Kier alpha value is -3.95. The van der Waals surface area contributed by atoms with Gasteiger partial charge < -0.3 is 14.5 Å². The molecule has 1 aliphatic rings. The first-order chi connectivity index (χ1) is 19.7. The molecule has 2 N–H and O–H groups in total. The maximum Gasteiger partial charge on any atom is 0.255 e. The van der Waals surface area contributed by atoms with Crippen LogP contribution < -0.4 is 10.0 Å². The number of rotatable bonds is 13. The van der Waals surface area contributed by atoms with Gasteiger partial charge in [0.25, 0.3) is 5.91 Å². The lowest BCUT2D eigenvalue weighted by molar-refractivity contribution is 0.0957. The first-order valence-corrected chi connectivity index (χ1v) is 15.3. The Kier molecular flexibility index (Phi) is 8.56. The van der Waals surface area contributed by atoms with Crippen LogP contribution in [0.1, 0.15) is 53.6 Å². The van der Waals surface area contributed by atoms with Gasteiger partial charge in [0.1, 0.15) is 17.2 Å². The van der Waals surface area contributed by atoms with E-state index in [9.17, 15) is 17.6 Å². The van der Waals surface area contributed by atoms with E-state index in [2.05, 4.69) is 16.6 Å². The van der Waals surface area contributed by atoms with Gasteiger partial charge in [0.05, 0.1) is 30.2 Å². The molecule has 0 radical (unpaired) electrons. The molecule has 0 atom stereocenters. The van der Waals surface area contributed by atoms with Crippen molar-refractivity contribution in [3.8, 4) is 11.3 Å². The molecule has 1 saturated carbocycles. The van der Waals surface area contributed by atoms with E-state index in [1.807, 2.05) is 43.3 Å². The highest BCUT2D eigenvalue weighted by Gasteiger charge is 2.31. The van der Waals surface area contributed by atoms with Gasteiger partial charge in [0.15, 0.2) is 0 Å². The third kappa shape index (κ3) is 7.04. The highest BCUT2D eigenvalue weighted by atomic mass is 32.2. The number of furan rings is 1. The molecule has 41 heavy (non-hydrogen) atoms. The average molecular weight is 577 g/mol. The maximum atomic E-state index is 13.6. The summed E-state index contributed by atoms with van der Waals surface area (Å²) in [6.45, 7) is 6.92. The summed E-state index contributed by atoms with van der Waals surface area (Å²) in [4.78, 5) is 13.1. The Balaban J connectivity index is 1.36. The van der Waals surface area contributed by atoms with Gasteiger partial charge in [-0.2, -0.15) is 0 Å². The zero-order valence-electron chi connectivity index (χ0n) is 22.9. The van der Waals surface area contributed by atoms with Crippen LogP contribution >= 0.6 is 0 Å². The number of benzene rings is 3. The van der Waals surface area contributed by atoms with Crippen molar-refractivity contribution in [3.63, 3.8) is 0 Å². The molecule has 7 nitrogen and oxygen atoms in total. The van der Waals surface area contributed by atoms with E-state index < -0.39 is 15.8 Å². The summed E-state index contributed by atoms with van der Waals surface area (Å²) in [7, 11) is -3.72. The van der Waals surface area contributed by atoms with Gasteiger partial charge >= 0.3 is 0 Å². The number of halogens is 1. The van der Waals surface area contributed by atoms with Crippen LogP contribution in [0.5, 0.6) is 0 Å². The van der Waals surface area contributed by atoms with E-state index in [-0.39, 0.29) is 30.6 Å². The van der Waals surface area contributed by atoms with E-state index in [1.165, 1.54) is 12.1 Å². The van der Waals surface area contributed by atoms with E-state index in [4.69, 9.17) is 9.15 Å². The number of amides is 1. The normalized spacial score (nSPS) is 13.3. The lowest BCUT2D eigenvalue weighted by atomic mass is 10.0. The fraction of sp³-hybridized carbons (Fsp3) is 0.281. The molecule has 4 aromatic rings. The molecule has 1 aromatic heterocycles. The number of sulfonamides is 1. The van der Waals surface area contributed by atoms with Crippen LogP contribution in [-0.2, 0) is 21.4 Å². The van der Waals surface area contributed by atoms with Crippen molar-refractivity contribution in [2.24, 2.45) is 0 Å². The smallest absolute Gasteiger partial charge is 0.255 e. The minimum Gasteiger partial charge on any atom is -0.455 e. The number of hydrogen-bond acceptors (Lipinski definition) is 5. The summed E-state index contributed by atoms with van der Waals surface area (Å²) in [5, 5.41) is 3.41. The van der Waals surface area contributed by atoms with Crippen molar-refractivity contribution in [2.45, 2.75) is 38.7 Å². The van der Waals surface area contributed by atoms with Crippen LogP contribution in [0, 0.1) is 5.82 Å². The fourth-order valence-electron chi connectivity index (χ4n) is 4.72. The summed E-state index contributed by atoms with van der Waals surface area (Å²) in [6, 6.07) is 19.0. The largest absolute Gasteiger partial charge is 0.455 e. The molecule has 3 aromatic carbocycles. The van der Waals surface area contributed by atoms with Crippen LogP contribution in [0.2, 0.25) is 0 Å². The first kappa shape index (κ1) is 28.6. The maximum absolute atomic E-state index is 13.6. The molecule has 9 heteroatoms. The third-order valence-corrected chi connectivity index (χ3v) is 8.23. The second kappa shape index (κ2) is 12.3. The number of carbonyl (C=O) groups excluding carboxylic acids is 1. The number of nitrogens with one attached hydrogen (secondary N) is 2. The molecule has 0 spiro atoms. The Morgan fingerprint density at radius 3 is 2.51 bits per heavy atom.